The van der Waals surface area contributed by atoms with Gasteiger partial charge in [-0.2, -0.15) is 4.39 Å². The van der Waals surface area contributed by atoms with Crippen LogP contribution in [0.1, 0.15) is 26.3 Å². The standard InChI is InChI=1S/C14H16F2N2O4/c1-14(2,3)22-13(20)17-5-7-4-8(15)10(16)12-11(7)18-9(19)6-21-12/h4H,5-6H2,1-3H3,(H,17,20)(H,18,19). The van der Waals surface area contributed by atoms with E-state index < -0.39 is 35.8 Å². The van der Waals surface area contributed by atoms with Gasteiger partial charge in [0.2, 0.25) is 5.82 Å². The number of carbonyl (C=O) groups excluding carboxylic acids is 2. The molecule has 120 valence electrons. The Bertz CT molecular complexity index is 626. The zero-order valence-corrected chi connectivity index (χ0v) is 12.4. The van der Waals surface area contributed by atoms with Crippen LogP contribution in [-0.2, 0) is 16.1 Å². The number of halogens is 2. The number of alkyl carbamates (subject to hydrolysis) is 1. The summed E-state index contributed by atoms with van der Waals surface area (Å²) in [5.74, 6) is -3.18. The third-order valence-corrected chi connectivity index (χ3v) is 2.69. The van der Waals surface area contributed by atoms with Crippen LogP contribution in [-0.4, -0.2) is 24.2 Å². The summed E-state index contributed by atoms with van der Waals surface area (Å²) in [5, 5.41) is 4.82. The molecule has 0 saturated carbocycles. The molecule has 2 rings (SSSR count). The second kappa shape index (κ2) is 5.78. The topological polar surface area (TPSA) is 76.7 Å². The number of fused-ring (bicyclic) bond motifs is 1. The Morgan fingerprint density at radius 2 is 2.14 bits per heavy atom. The molecule has 0 aliphatic carbocycles. The van der Waals surface area contributed by atoms with Crippen LogP contribution in [0.5, 0.6) is 5.75 Å². The molecule has 0 saturated heterocycles. The van der Waals surface area contributed by atoms with Crippen LogP contribution in [0.2, 0.25) is 0 Å². The molecule has 2 amide bonds. The van der Waals surface area contributed by atoms with E-state index in [9.17, 15) is 18.4 Å². The molecule has 6 nitrogen and oxygen atoms in total. The van der Waals surface area contributed by atoms with Gasteiger partial charge in [-0.25, -0.2) is 9.18 Å². The maximum absolute atomic E-state index is 13.6. The summed E-state index contributed by atoms with van der Waals surface area (Å²) in [6, 6.07) is 0.889. The molecule has 0 bridgehead atoms. The minimum Gasteiger partial charge on any atom is -0.478 e. The number of rotatable bonds is 2. The van der Waals surface area contributed by atoms with E-state index in [0.717, 1.165) is 6.07 Å². The predicted octanol–water partition coefficient (Wildman–Crippen LogP) is 2.32. The van der Waals surface area contributed by atoms with Crippen LogP contribution < -0.4 is 15.4 Å². The number of amides is 2. The predicted molar refractivity (Wildman–Crippen MR) is 73.6 cm³/mol. The van der Waals surface area contributed by atoms with Gasteiger partial charge in [-0.05, 0) is 26.8 Å². The molecule has 2 N–H and O–H groups in total. The van der Waals surface area contributed by atoms with Crippen molar-refractivity contribution in [2.45, 2.75) is 32.9 Å². The van der Waals surface area contributed by atoms with Gasteiger partial charge >= 0.3 is 6.09 Å². The fourth-order valence-corrected chi connectivity index (χ4v) is 1.86. The molecule has 1 aromatic rings. The number of hydrogen-bond donors (Lipinski definition) is 2. The highest BCUT2D eigenvalue weighted by atomic mass is 19.2. The fraction of sp³-hybridized carbons (Fsp3) is 0.429. The third-order valence-electron chi connectivity index (χ3n) is 2.69. The normalized spacial score (nSPS) is 13.8. The summed E-state index contributed by atoms with van der Waals surface area (Å²) in [6.07, 6.45) is -0.714. The molecule has 0 unspecified atom stereocenters. The molecular formula is C14H16F2N2O4. The second-order valence-electron chi connectivity index (χ2n) is 5.73. The summed E-state index contributed by atoms with van der Waals surface area (Å²) >= 11 is 0. The molecule has 1 heterocycles. The van der Waals surface area contributed by atoms with Crippen molar-refractivity contribution in [3.63, 3.8) is 0 Å². The van der Waals surface area contributed by atoms with Crippen molar-refractivity contribution in [3.8, 4) is 5.75 Å². The lowest BCUT2D eigenvalue weighted by molar-refractivity contribution is -0.118. The maximum Gasteiger partial charge on any atom is 0.407 e. The third kappa shape index (κ3) is 3.63. The summed E-state index contributed by atoms with van der Waals surface area (Å²) in [7, 11) is 0. The smallest absolute Gasteiger partial charge is 0.407 e. The van der Waals surface area contributed by atoms with Gasteiger partial charge in [0.15, 0.2) is 18.2 Å². The van der Waals surface area contributed by atoms with Gasteiger partial charge in [-0.3, -0.25) is 4.79 Å². The van der Waals surface area contributed by atoms with Crippen LogP contribution in [0, 0.1) is 11.6 Å². The van der Waals surface area contributed by atoms with Gasteiger partial charge in [0.05, 0.1) is 5.69 Å². The number of benzene rings is 1. The summed E-state index contributed by atoms with van der Waals surface area (Å²) in [4.78, 5) is 22.9. The van der Waals surface area contributed by atoms with Gasteiger partial charge in [-0.15, -0.1) is 0 Å². The fourth-order valence-electron chi connectivity index (χ4n) is 1.86. The number of carbonyl (C=O) groups is 2. The van der Waals surface area contributed by atoms with E-state index >= 15 is 0 Å². The highest BCUT2D eigenvalue weighted by molar-refractivity contribution is 5.96. The molecule has 1 aliphatic rings. The van der Waals surface area contributed by atoms with E-state index in [1.165, 1.54) is 0 Å². The molecule has 0 atom stereocenters. The van der Waals surface area contributed by atoms with E-state index in [1.807, 2.05) is 0 Å². The first-order valence-corrected chi connectivity index (χ1v) is 6.58. The molecule has 0 radical (unpaired) electrons. The Kier molecular flexibility index (Phi) is 4.20. The number of nitrogens with one attached hydrogen (secondary N) is 2. The monoisotopic (exact) mass is 314 g/mol. The van der Waals surface area contributed by atoms with E-state index in [1.54, 1.807) is 20.8 Å². The minimum absolute atomic E-state index is 0.00575. The summed E-state index contributed by atoms with van der Waals surface area (Å²) in [6.45, 7) is 4.53. The molecule has 0 spiro atoms. The molecule has 1 aromatic carbocycles. The van der Waals surface area contributed by atoms with Gasteiger partial charge in [0, 0.05) is 12.1 Å². The average Bonchev–Trinajstić information content (AvgIpc) is 2.39. The lowest BCUT2D eigenvalue weighted by Crippen LogP contribution is -2.33. The molecule has 1 aliphatic heterocycles. The van der Waals surface area contributed by atoms with Crippen LogP contribution >= 0.6 is 0 Å². The average molecular weight is 314 g/mol. The SMILES string of the molecule is CC(C)(C)OC(=O)NCc1cc(F)c(F)c2c1NC(=O)CO2. The zero-order chi connectivity index (χ0) is 16.5. The van der Waals surface area contributed by atoms with Crippen molar-refractivity contribution in [1.29, 1.82) is 0 Å². The Morgan fingerprint density at radius 3 is 2.77 bits per heavy atom. The van der Waals surface area contributed by atoms with Crippen molar-refractivity contribution in [2.75, 3.05) is 11.9 Å². The van der Waals surface area contributed by atoms with Crippen LogP contribution in [0.3, 0.4) is 0 Å². The van der Waals surface area contributed by atoms with E-state index in [-0.39, 0.29) is 23.5 Å². The summed E-state index contributed by atoms with van der Waals surface area (Å²) < 4.78 is 37.1. The van der Waals surface area contributed by atoms with E-state index in [4.69, 9.17) is 9.47 Å². The molecular weight excluding hydrogens is 298 g/mol. The van der Waals surface area contributed by atoms with Crippen molar-refractivity contribution < 1.29 is 27.8 Å². The van der Waals surface area contributed by atoms with Crippen molar-refractivity contribution >= 4 is 17.7 Å². The largest absolute Gasteiger partial charge is 0.478 e. The van der Waals surface area contributed by atoms with Crippen molar-refractivity contribution in [2.24, 2.45) is 0 Å². The van der Waals surface area contributed by atoms with Crippen LogP contribution in [0.15, 0.2) is 6.07 Å². The van der Waals surface area contributed by atoms with Crippen molar-refractivity contribution in [1.82, 2.24) is 5.32 Å². The quantitative estimate of drug-likeness (QED) is 0.878. The van der Waals surface area contributed by atoms with Gasteiger partial charge in [-0.1, -0.05) is 0 Å². The maximum atomic E-state index is 13.6. The Balaban J connectivity index is 2.19. The number of hydrogen-bond acceptors (Lipinski definition) is 4. The number of ether oxygens (including phenoxy) is 2. The lowest BCUT2D eigenvalue weighted by Gasteiger charge is -2.23. The van der Waals surface area contributed by atoms with Gasteiger partial charge < -0.3 is 20.1 Å². The van der Waals surface area contributed by atoms with Crippen LogP contribution in [0.25, 0.3) is 0 Å². The summed E-state index contributed by atoms with van der Waals surface area (Å²) in [5.41, 5.74) is -0.506. The number of anilines is 1. The first kappa shape index (κ1) is 16.0. The minimum atomic E-state index is -1.18. The van der Waals surface area contributed by atoms with Gasteiger partial charge in [0.1, 0.15) is 5.60 Å². The highest BCUT2D eigenvalue weighted by Crippen LogP contribution is 2.35. The van der Waals surface area contributed by atoms with E-state index in [0.29, 0.717) is 0 Å². The Morgan fingerprint density at radius 1 is 1.45 bits per heavy atom. The molecule has 0 aromatic heterocycles. The van der Waals surface area contributed by atoms with Crippen LogP contribution in [0.4, 0.5) is 19.3 Å². The molecule has 8 heteroatoms. The van der Waals surface area contributed by atoms with E-state index in [2.05, 4.69) is 10.6 Å². The second-order valence-corrected chi connectivity index (χ2v) is 5.73. The molecule has 22 heavy (non-hydrogen) atoms. The van der Waals surface area contributed by atoms with Crippen molar-refractivity contribution in [3.05, 3.63) is 23.3 Å². The first-order valence-electron chi connectivity index (χ1n) is 6.58. The first-order chi connectivity index (χ1) is 10.2. The highest BCUT2D eigenvalue weighted by Gasteiger charge is 2.26. The Hall–Kier alpha value is -2.38. The molecule has 0 fully saturated rings. The van der Waals surface area contributed by atoms with Gasteiger partial charge in [0.25, 0.3) is 5.91 Å². The zero-order valence-electron chi connectivity index (χ0n) is 12.4. The lowest BCUT2D eigenvalue weighted by atomic mass is 10.1. The Labute approximate surface area is 125 Å².